The molecular formula is C27H31NO6. The number of benzene rings is 2. The second-order valence-corrected chi connectivity index (χ2v) is 8.74. The van der Waals surface area contributed by atoms with Crippen LogP contribution in [-0.4, -0.2) is 40.8 Å². The Morgan fingerprint density at radius 2 is 1.79 bits per heavy atom. The zero-order valence-electron chi connectivity index (χ0n) is 20.0. The minimum absolute atomic E-state index is 0.00193. The first-order valence-corrected chi connectivity index (χ1v) is 11.5. The smallest absolute Gasteiger partial charge is 0.308 e. The van der Waals surface area contributed by atoms with Crippen molar-refractivity contribution < 1.29 is 29.0 Å². The van der Waals surface area contributed by atoms with Crippen molar-refractivity contribution >= 4 is 23.4 Å². The molecule has 180 valence electrons. The number of ketones is 1. The van der Waals surface area contributed by atoms with Crippen LogP contribution in [0.3, 0.4) is 0 Å². The van der Waals surface area contributed by atoms with Gasteiger partial charge < -0.3 is 19.5 Å². The third-order valence-corrected chi connectivity index (χ3v) is 5.42. The number of aliphatic hydroxyl groups is 1. The fourth-order valence-electron chi connectivity index (χ4n) is 3.85. The number of rotatable bonds is 9. The lowest BCUT2D eigenvalue weighted by molar-refractivity contribution is -0.139. The fraction of sp³-hybridized carbons (Fsp3) is 0.370. The van der Waals surface area contributed by atoms with Gasteiger partial charge in [-0.3, -0.25) is 14.4 Å². The first-order valence-electron chi connectivity index (χ1n) is 11.5. The van der Waals surface area contributed by atoms with E-state index in [-0.39, 0.29) is 11.3 Å². The molecule has 1 atom stereocenters. The Bertz CT molecular complexity index is 1100. The zero-order chi connectivity index (χ0) is 24.8. The summed E-state index contributed by atoms with van der Waals surface area (Å²) in [6.07, 6.45) is 1.53. The van der Waals surface area contributed by atoms with Crippen molar-refractivity contribution in [3.8, 4) is 11.5 Å². The van der Waals surface area contributed by atoms with Gasteiger partial charge in [0.2, 0.25) is 0 Å². The second kappa shape index (κ2) is 11.0. The Balaban J connectivity index is 2.10. The summed E-state index contributed by atoms with van der Waals surface area (Å²) < 4.78 is 11.0. The molecule has 1 aliphatic heterocycles. The Kier molecular flexibility index (Phi) is 8.10. The minimum Gasteiger partial charge on any atom is -0.507 e. The molecule has 1 aliphatic rings. The molecule has 0 saturated carbocycles. The zero-order valence-corrected chi connectivity index (χ0v) is 20.0. The van der Waals surface area contributed by atoms with Crippen molar-refractivity contribution in [2.45, 2.75) is 46.6 Å². The number of ether oxygens (including phenoxy) is 2. The molecule has 1 amide bonds. The van der Waals surface area contributed by atoms with Crippen LogP contribution in [0.1, 0.15) is 57.7 Å². The first-order chi connectivity index (χ1) is 16.2. The summed E-state index contributed by atoms with van der Waals surface area (Å²) in [5, 5.41) is 11.2. The average molecular weight is 466 g/mol. The number of amides is 1. The maximum atomic E-state index is 13.1. The van der Waals surface area contributed by atoms with Gasteiger partial charge in [-0.2, -0.15) is 0 Å². The predicted molar refractivity (Wildman–Crippen MR) is 128 cm³/mol. The third kappa shape index (κ3) is 5.65. The summed E-state index contributed by atoms with van der Waals surface area (Å²) in [4.78, 5) is 39.0. The van der Waals surface area contributed by atoms with Gasteiger partial charge in [-0.05, 0) is 42.2 Å². The molecule has 3 rings (SSSR count). The van der Waals surface area contributed by atoms with Crippen molar-refractivity contribution in [1.82, 2.24) is 4.90 Å². The highest BCUT2D eigenvalue weighted by Crippen LogP contribution is 2.40. The molecule has 0 aliphatic carbocycles. The van der Waals surface area contributed by atoms with Crippen LogP contribution < -0.4 is 9.47 Å². The number of aliphatic hydroxyl groups excluding tert-OH is 1. The number of hydrogen-bond donors (Lipinski definition) is 1. The van der Waals surface area contributed by atoms with E-state index in [1.165, 1.54) is 11.8 Å². The molecule has 2 aromatic rings. The molecule has 7 nitrogen and oxygen atoms in total. The highest BCUT2D eigenvalue weighted by atomic mass is 16.5. The van der Waals surface area contributed by atoms with Crippen LogP contribution in [-0.2, 0) is 14.4 Å². The van der Waals surface area contributed by atoms with Gasteiger partial charge in [0.15, 0.2) is 0 Å². The Morgan fingerprint density at radius 3 is 2.47 bits per heavy atom. The number of Topliss-reactive ketones (excluding diaryl/α,β-unsaturated/α-hetero) is 1. The summed E-state index contributed by atoms with van der Waals surface area (Å²) in [5.74, 6) is -0.965. The average Bonchev–Trinajstić information content (AvgIpc) is 3.05. The van der Waals surface area contributed by atoms with Crippen molar-refractivity contribution in [3.05, 3.63) is 65.2 Å². The molecule has 1 unspecified atom stereocenters. The van der Waals surface area contributed by atoms with Crippen molar-refractivity contribution in [2.75, 3.05) is 13.2 Å². The van der Waals surface area contributed by atoms with Gasteiger partial charge in [0.25, 0.3) is 11.7 Å². The highest BCUT2D eigenvalue weighted by Gasteiger charge is 2.45. The predicted octanol–water partition coefficient (Wildman–Crippen LogP) is 4.87. The van der Waals surface area contributed by atoms with Crippen molar-refractivity contribution in [1.29, 1.82) is 0 Å². The summed E-state index contributed by atoms with van der Waals surface area (Å²) in [7, 11) is 0. The molecule has 1 heterocycles. The van der Waals surface area contributed by atoms with Crippen molar-refractivity contribution in [2.24, 2.45) is 5.92 Å². The number of likely N-dealkylation sites (tertiary alicyclic amines) is 1. The molecule has 34 heavy (non-hydrogen) atoms. The lowest BCUT2D eigenvalue weighted by Crippen LogP contribution is -2.30. The summed E-state index contributed by atoms with van der Waals surface area (Å²) in [5.41, 5.74) is 0.959. The maximum Gasteiger partial charge on any atom is 0.308 e. The molecule has 1 saturated heterocycles. The Labute approximate surface area is 200 Å². The van der Waals surface area contributed by atoms with Crippen LogP contribution in [0.5, 0.6) is 11.5 Å². The molecule has 2 aromatic carbocycles. The number of hydrogen-bond acceptors (Lipinski definition) is 6. The van der Waals surface area contributed by atoms with Crippen LogP contribution in [0.2, 0.25) is 0 Å². The van der Waals surface area contributed by atoms with E-state index in [4.69, 9.17) is 9.47 Å². The van der Waals surface area contributed by atoms with E-state index in [9.17, 15) is 19.5 Å². The highest BCUT2D eigenvalue weighted by molar-refractivity contribution is 6.46. The molecule has 7 heteroatoms. The fourth-order valence-corrected chi connectivity index (χ4v) is 3.85. The van der Waals surface area contributed by atoms with Crippen LogP contribution in [0.25, 0.3) is 5.76 Å². The molecular weight excluding hydrogens is 434 g/mol. The molecule has 0 aromatic heterocycles. The minimum atomic E-state index is -0.803. The van der Waals surface area contributed by atoms with E-state index in [1.807, 2.05) is 20.8 Å². The van der Waals surface area contributed by atoms with Crippen LogP contribution in [0, 0.1) is 5.92 Å². The lowest BCUT2D eigenvalue weighted by atomic mass is 9.95. The van der Waals surface area contributed by atoms with E-state index < -0.39 is 23.7 Å². The largest absolute Gasteiger partial charge is 0.507 e. The van der Waals surface area contributed by atoms with Gasteiger partial charge in [0.1, 0.15) is 17.3 Å². The standard InChI is InChI=1S/C27H31NO6/c1-5-6-13-28-24(19-9-7-12-22(14-19)34-18(4)29)23(26(31)27(28)32)25(30)20-10-8-11-21(15-20)33-16-17(2)3/h7-12,14-15,17,24,30H,5-6,13,16H2,1-4H3/b25-23-. The summed E-state index contributed by atoms with van der Waals surface area (Å²) in [6, 6.07) is 12.7. The first kappa shape index (κ1) is 25.0. The number of nitrogens with zero attached hydrogens (tertiary/aromatic N) is 1. The van der Waals surface area contributed by atoms with E-state index in [0.29, 0.717) is 48.1 Å². The number of unbranched alkanes of at least 4 members (excludes halogenated alkanes) is 1. The van der Waals surface area contributed by atoms with Gasteiger partial charge in [0.05, 0.1) is 18.2 Å². The Hall–Kier alpha value is -3.61. The van der Waals surface area contributed by atoms with Gasteiger partial charge in [-0.1, -0.05) is 51.5 Å². The number of carbonyl (C=O) groups is 3. The van der Waals surface area contributed by atoms with E-state index in [1.54, 1.807) is 48.5 Å². The van der Waals surface area contributed by atoms with E-state index >= 15 is 0 Å². The molecule has 1 N–H and O–H groups in total. The van der Waals surface area contributed by atoms with Gasteiger partial charge in [-0.25, -0.2) is 0 Å². The van der Waals surface area contributed by atoms with Crippen molar-refractivity contribution in [3.63, 3.8) is 0 Å². The second-order valence-electron chi connectivity index (χ2n) is 8.74. The van der Waals surface area contributed by atoms with Gasteiger partial charge >= 0.3 is 5.97 Å². The van der Waals surface area contributed by atoms with Crippen LogP contribution in [0.4, 0.5) is 0 Å². The van der Waals surface area contributed by atoms with E-state index in [2.05, 4.69) is 0 Å². The van der Waals surface area contributed by atoms with Crippen LogP contribution >= 0.6 is 0 Å². The molecule has 0 bridgehead atoms. The molecule has 0 spiro atoms. The van der Waals surface area contributed by atoms with Gasteiger partial charge in [0, 0.05) is 19.0 Å². The SMILES string of the molecule is CCCCN1C(=O)C(=O)/C(=C(\O)c2cccc(OCC(C)C)c2)C1c1cccc(OC(C)=O)c1. The monoisotopic (exact) mass is 465 g/mol. The van der Waals surface area contributed by atoms with Crippen LogP contribution in [0.15, 0.2) is 54.1 Å². The Morgan fingerprint density at radius 1 is 1.09 bits per heavy atom. The number of carbonyl (C=O) groups excluding carboxylic acids is 3. The van der Waals surface area contributed by atoms with Gasteiger partial charge in [-0.15, -0.1) is 0 Å². The third-order valence-electron chi connectivity index (χ3n) is 5.42. The number of esters is 1. The van der Waals surface area contributed by atoms with E-state index in [0.717, 1.165) is 6.42 Å². The summed E-state index contributed by atoms with van der Waals surface area (Å²) in [6.45, 7) is 8.23. The molecule has 1 fully saturated rings. The normalized spacial score (nSPS) is 17.3. The maximum absolute atomic E-state index is 13.1. The molecule has 0 radical (unpaired) electrons. The lowest BCUT2D eigenvalue weighted by Gasteiger charge is -2.25. The quantitative estimate of drug-likeness (QED) is 0.187. The summed E-state index contributed by atoms with van der Waals surface area (Å²) >= 11 is 0. The topological polar surface area (TPSA) is 93.1 Å².